The van der Waals surface area contributed by atoms with Crippen molar-refractivity contribution < 1.29 is 8.42 Å². The maximum Gasteiger partial charge on any atom is 0.263 e. The maximum atomic E-state index is 12.4. The van der Waals surface area contributed by atoms with Gasteiger partial charge < -0.3 is 0 Å². The molecular formula is C14H14BrNO2S2. The number of anilines is 1. The lowest BCUT2D eigenvalue weighted by Gasteiger charge is -2.12. The van der Waals surface area contributed by atoms with Crippen LogP contribution in [0.1, 0.15) is 6.92 Å². The fraction of sp³-hybridized carbons (Fsp3) is 0.143. The van der Waals surface area contributed by atoms with Crippen LogP contribution in [0.15, 0.2) is 62.8 Å². The lowest BCUT2D eigenvalue weighted by atomic mass is 10.3. The van der Waals surface area contributed by atoms with E-state index in [0.29, 0.717) is 10.2 Å². The molecule has 0 fully saturated rings. The molecule has 0 radical (unpaired) electrons. The quantitative estimate of drug-likeness (QED) is 0.794. The van der Waals surface area contributed by atoms with Crippen LogP contribution in [0, 0.1) is 0 Å². The number of sulfonamides is 1. The molecule has 0 aliphatic heterocycles. The Morgan fingerprint density at radius 2 is 1.75 bits per heavy atom. The van der Waals surface area contributed by atoms with Crippen LogP contribution in [0.3, 0.4) is 0 Å². The molecule has 0 saturated heterocycles. The summed E-state index contributed by atoms with van der Waals surface area (Å²) in [6, 6.07) is 14.2. The van der Waals surface area contributed by atoms with Gasteiger partial charge in [-0.15, -0.1) is 11.8 Å². The molecule has 0 spiro atoms. The Balaban J connectivity index is 2.37. The Morgan fingerprint density at radius 1 is 1.10 bits per heavy atom. The zero-order chi connectivity index (χ0) is 14.6. The molecule has 0 aromatic heterocycles. The summed E-state index contributed by atoms with van der Waals surface area (Å²) in [7, 11) is -3.60. The molecule has 106 valence electrons. The van der Waals surface area contributed by atoms with Gasteiger partial charge in [-0.2, -0.15) is 0 Å². The van der Waals surface area contributed by atoms with Gasteiger partial charge in [-0.25, -0.2) is 8.42 Å². The molecule has 0 unspecified atom stereocenters. The fourth-order valence-corrected chi connectivity index (χ4v) is 4.60. The van der Waals surface area contributed by atoms with Crippen LogP contribution in [0.25, 0.3) is 0 Å². The summed E-state index contributed by atoms with van der Waals surface area (Å²) in [4.78, 5) is 1.15. The second-order valence-electron chi connectivity index (χ2n) is 3.97. The largest absolute Gasteiger partial charge is 0.278 e. The van der Waals surface area contributed by atoms with E-state index in [1.165, 1.54) is 0 Å². The van der Waals surface area contributed by atoms with Crippen LogP contribution < -0.4 is 4.72 Å². The van der Waals surface area contributed by atoms with Crippen LogP contribution >= 0.6 is 27.7 Å². The predicted molar refractivity (Wildman–Crippen MR) is 87.8 cm³/mol. The summed E-state index contributed by atoms with van der Waals surface area (Å²) >= 11 is 4.87. The molecule has 2 aromatic carbocycles. The Hall–Kier alpha value is -0.980. The standard InChI is InChI=1S/C14H14BrNO2S2/c1-2-19-13-9-5-4-8-12(13)16-20(17,18)14-10-6-3-7-11(14)15/h3-10,16H,2H2,1H3. The minimum absolute atomic E-state index is 0.233. The van der Waals surface area contributed by atoms with Crippen molar-refractivity contribution in [1.29, 1.82) is 0 Å². The molecule has 0 bridgehead atoms. The van der Waals surface area contributed by atoms with Crippen molar-refractivity contribution in [3.8, 4) is 0 Å². The fourth-order valence-electron chi connectivity index (χ4n) is 1.69. The average Bonchev–Trinajstić information content (AvgIpc) is 2.41. The summed E-state index contributed by atoms with van der Waals surface area (Å²) in [5, 5.41) is 0. The first-order valence-corrected chi connectivity index (χ1v) is 9.30. The molecule has 3 nitrogen and oxygen atoms in total. The average molecular weight is 372 g/mol. The van der Waals surface area contributed by atoms with Gasteiger partial charge >= 0.3 is 0 Å². The van der Waals surface area contributed by atoms with Gasteiger partial charge in [-0.05, 0) is 45.9 Å². The van der Waals surface area contributed by atoms with Gasteiger partial charge in [0.2, 0.25) is 0 Å². The molecule has 0 amide bonds. The van der Waals surface area contributed by atoms with Crippen molar-refractivity contribution in [2.45, 2.75) is 16.7 Å². The number of hydrogen-bond acceptors (Lipinski definition) is 3. The molecular weight excluding hydrogens is 358 g/mol. The highest BCUT2D eigenvalue weighted by Gasteiger charge is 2.18. The summed E-state index contributed by atoms with van der Waals surface area (Å²) in [6.45, 7) is 2.03. The lowest BCUT2D eigenvalue weighted by molar-refractivity contribution is 0.600. The minimum Gasteiger partial charge on any atom is -0.278 e. The molecule has 0 saturated carbocycles. The number of benzene rings is 2. The monoisotopic (exact) mass is 371 g/mol. The number of rotatable bonds is 5. The van der Waals surface area contributed by atoms with Crippen molar-refractivity contribution in [2.24, 2.45) is 0 Å². The van der Waals surface area contributed by atoms with E-state index in [1.54, 1.807) is 42.1 Å². The Bertz CT molecular complexity index is 702. The first-order valence-electron chi connectivity index (χ1n) is 6.04. The highest BCUT2D eigenvalue weighted by molar-refractivity contribution is 9.10. The molecule has 0 aliphatic rings. The first-order chi connectivity index (χ1) is 9.54. The summed E-state index contributed by atoms with van der Waals surface area (Å²) < 4.78 is 28.1. The van der Waals surface area contributed by atoms with Gasteiger partial charge in [-0.1, -0.05) is 31.2 Å². The summed E-state index contributed by atoms with van der Waals surface area (Å²) in [6.07, 6.45) is 0. The van der Waals surface area contributed by atoms with Gasteiger partial charge in [0.05, 0.1) is 5.69 Å². The van der Waals surface area contributed by atoms with Crippen LogP contribution in [-0.4, -0.2) is 14.2 Å². The van der Waals surface area contributed by atoms with E-state index in [0.717, 1.165) is 10.6 Å². The van der Waals surface area contributed by atoms with E-state index in [-0.39, 0.29) is 4.90 Å². The second-order valence-corrected chi connectivity index (χ2v) is 7.78. The van der Waals surface area contributed by atoms with E-state index in [2.05, 4.69) is 20.7 Å². The first kappa shape index (κ1) is 15.4. The van der Waals surface area contributed by atoms with Crippen LogP contribution in [0.2, 0.25) is 0 Å². The number of para-hydroxylation sites is 1. The van der Waals surface area contributed by atoms with E-state index < -0.39 is 10.0 Å². The number of hydrogen-bond donors (Lipinski definition) is 1. The second kappa shape index (κ2) is 6.65. The van der Waals surface area contributed by atoms with E-state index in [9.17, 15) is 8.42 Å². The lowest BCUT2D eigenvalue weighted by Crippen LogP contribution is -2.14. The van der Waals surface area contributed by atoms with Gasteiger partial charge in [0.15, 0.2) is 0 Å². The topological polar surface area (TPSA) is 46.2 Å². The number of nitrogens with one attached hydrogen (secondary N) is 1. The summed E-state index contributed by atoms with van der Waals surface area (Å²) in [5.41, 5.74) is 0.607. The van der Waals surface area contributed by atoms with Crippen molar-refractivity contribution >= 4 is 43.4 Å². The van der Waals surface area contributed by atoms with E-state index >= 15 is 0 Å². The van der Waals surface area contributed by atoms with Crippen LogP contribution in [0.5, 0.6) is 0 Å². The Labute approximate surface area is 132 Å². The van der Waals surface area contributed by atoms with Crippen molar-refractivity contribution in [1.82, 2.24) is 0 Å². The minimum atomic E-state index is -3.60. The zero-order valence-corrected chi connectivity index (χ0v) is 14.1. The Kier molecular flexibility index (Phi) is 5.12. The molecule has 1 N–H and O–H groups in total. The third kappa shape index (κ3) is 3.56. The number of halogens is 1. The third-order valence-electron chi connectivity index (χ3n) is 2.56. The molecule has 6 heteroatoms. The number of thioether (sulfide) groups is 1. The molecule has 2 rings (SSSR count). The van der Waals surface area contributed by atoms with Crippen LogP contribution in [-0.2, 0) is 10.0 Å². The predicted octanol–water partition coefficient (Wildman–Crippen LogP) is 4.36. The molecule has 2 aromatic rings. The van der Waals surface area contributed by atoms with Crippen molar-refractivity contribution in [3.05, 3.63) is 53.0 Å². The summed E-state index contributed by atoms with van der Waals surface area (Å²) in [5.74, 6) is 0.883. The van der Waals surface area contributed by atoms with Crippen LogP contribution in [0.4, 0.5) is 5.69 Å². The highest BCUT2D eigenvalue weighted by Crippen LogP contribution is 2.30. The van der Waals surface area contributed by atoms with Gasteiger partial charge in [-0.3, -0.25) is 4.72 Å². The Morgan fingerprint density at radius 3 is 2.45 bits per heavy atom. The normalized spacial score (nSPS) is 11.3. The van der Waals surface area contributed by atoms with Crippen molar-refractivity contribution in [3.63, 3.8) is 0 Å². The molecule has 0 atom stereocenters. The molecule has 0 aliphatic carbocycles. The SMILES string of the molecule is CCSc1ccccc1NS(=O)(=O)c1ccccc1Br. The van der Waals surface area contributed by atoms with Gasteiger partial charge in [0.25, 0.3) is 10.0 Å². The molecule has 20 heavy (non-hydrogen) atoms. The third-order valence-corrected chi connectivity index (χ3v) is 5.89. The van der Waals surface area contributed by atoms with E-state index in [4.69, 9.17) is 0 Å². The van der Waals surface area contributed by atoms with Gasteiger partial charge in [0, 0.05) is 9.37 Å². The highest BCUT2D eigenvalue weighted by atomic mass is 79.9. The van der Waals surface area contributed by atoms with Crippen molar-refractivity contribution in [2.75, 3.05) is 10.5 Å². The molecule has 0 heterocycles. The van der Waals surface area contributed by atoms with Gasteiger partial charge in [0.1, 0.15) is 4.90 Å². The smallest absolute Gasteiger partial charge is 0.263 e. The maximum absolute atomic E-state index is 12.4. The zero-order valence-electron chi connectivity index (χ0n) is 10.8. The van der Waals surface area contributed by atoms with E-state index in [1.807, 2.05) is 25.1 Å².